The number of nitrogens with zero attached hydrogens (tertiary/aromatic N) is 2. The maximum Gasteiger partial charge on any atom is 0.409 e. The Balaban J connectivity index is 1.87. The Morgan fingerprint density at radius 3 is 2.43 bits per heavy atom. The molecule has 1 unspecified atom stereocenters. The third-order valence-corrected chi connectivity index (χ3v) is 4.83. The standard InChI is InChI=1S/C16H20BrClN2O3/c1-2-23-16(22)20-9-7-19(8-10-20)15(21)13(17)11-12-5-3-4-6-14(12)18/h3-6,13H,2,7-11H2,1H3. The first-order chi connectivity index (χ1) is 11.0. The minimum atomic E-state index is -0.323. The van der Waals surface area contributed by atoms with Crippen LogP contribution in [0.15, 0.2) is 24.3 Å². The van der Waals surface area contributed by atoms with Crippen molar-refractivity contribution < 1.29 is 14.3 Å². The molecule has 23 heavy (non-hydrogen) atoms. The largest absolute Gasteiger partial charge is 0.450 e. The van der Waals surface area contributed by atoms with E-state index in [0.717, 1.165) is 5.56 Å². The second-order valence-electron chi connectivity index (χ2n) is 5.27. The second kappa shape index (κ2) is 8.55. The molecule has 1 aromatic rings. The van der Waals surface area contributed by atoms with Gasteiger partial charge in [-0.05, 0) is 25.0 Å². The number of alkyl halides is 1. The summed E-state index contributed by atoms with van der Waals surface area (Å²) in [5.41, 5.74) is 0.939. The summed E-state index contributed by atoms with van der Waals surface area (Å²) in [6.07, 6.45) is 0.224. The summed E-state index contributed by atoms with van der Waals surface area (Å²) < 4.78 is 4.98. The molecule has 126 valence electrons. The third kappa shape index (κ3) is 4.85. The summed E-state index contributed by atoms with van der Waals surface area (Å²) in [5.74, 6) is 0.0217. The van der Waals surface area contributed by atoms with E-state index >= 15 is 0 Å². The predicted octanol–water partition coefficient (Wildman–Crippen LogP) is 2.95. The van der Waals surface area contributed by atoms with Crippen LogP contribution in [0, 0.1) is 0 Å². The molecule has 0 saturated carbocycles. The highest BCUT2D eigenvalue weighted by molar-refractivity contribution is 9.10. The van der Waals surface area contributed by atoms with Crippen molar-refractivity contribution in [2.75, 3.05) is 32.8 Å². The van der Waals surface area contributed by atoms with E-state index in [2.05, 4.69) is 15.9 Å². The maximum atomic E-state index is 12.5. The first kappa shape index (κ1) is 18.1. The topological polar surface area (TPSA) is 49.9 Å². The van der Waals surface area contributed by atoms with Crippen LogP contribution < -0.4 is 0 Å². The average molecular weight is 404 g/mol. The molecule has 1 aliphatic heterocycles. The summed E-state index contributed by atoms with van der Waals surface area (Å²) in [6.45, 7) is 4.17. The Morgan fingerprint density at radius 1 is 1.22 bits per heavy atom. The van der Waals surface area contributed by atoms with Crippen molar-refractivity contribution in [3.63, 3.8) is 0 Å². The van der Waals surface area contributed by atoms with Crippen molar-refractivity contribution in [3.05, 3.63) is 34.9 Å². The molecule has 1 heterocycles. The first-order valence-corrected chi connectivity index (χ1v) is 8.90. The second-order valence-corrected chi connectivity index (χ2v) is 6.79. The van der Waals surface area contributed by atoms with E-state index < -0.39 is 0 Å². The Bertz CT molecular complexity index is 562. The number of ether oxygens (including phenoxy) is 1. The van der Waals surface area contributed by atoms with E-state index in [4.69, 9.17) is 16.3 Å². The molecular formula is C16H20BrClN2O3. The number of carbonyl (C=O) groups excluding carboxylic acids is 2. The zero-order chi connectivity index (χ0) is 16.8. The highest BCUT2D eigenvalue weighted by atomic mass is 79.9. The Labute approximate surface area is 149 Å². The molecule has 5 nitrogen and oxygen atoms in total. The van der Waals surface area contributed by atoms with E-state index in [1.807, 2.05) is 24.3 Å². The van der Waals surface area contributed by atoms with Gasteiger partial charge in [0.2, 0.25) is 5.91 Å². The van der Waals surface area contributed by atoms with Crippen LogP contribution in [-0.2, 0) is 16.0 Å². The summed E-state index contributed by atoms with van der Waals surface area (Å²) in [4.78, 5) is 27.3. The molecule has 1 atom stereocenters. The lowest BCUT2D eigenvalue weighted by atomic mass is 10.1. The average Bonchev–Trinajstić information content (AvgIpc) is 2.56. The fraction of sp³-hybridized carbons (Fsp3) is 0.500. The van der Waals surface area contributed by atoms with Gasteiger partial charge in [-0.2, -0.15) is 0 Å². The van der Waals surface area contributed by atoms with Gasteiger partial charge in [-0.1, -0.05) is 45.7 Å². The molecule has 2 rings (SSSR count). The monoisotopic (exact) mass is 402 g/mol. The van der Waals surface area contributed by atoms with Gasteiger partial charge < -0.3 is 14.5 Å². The van der Waals surface area contributed by atoms with Gasteiger partial charge in [-0.15, -0.1) is 0 Å². The minimum Gasteiger partial charge on any atom is -0.450 e. The smallest absolute Gasteiger partial charge is 0.409 e. The van der Waals surface area contributed by atoms with E-state index in [1.54, 1.807) is 16.7 Å². The van der Waals surface area contributed by atoms with Crippen LogP contribution in [0.1, 0.15) is 12.5 Å². The molecule has 1 fully saturated rings. The van der Waals surface area contributed by atoms with Gasteiger partial charge in [0, 0.05) is 31.2 Å². The summed E-state index contributed by atoms with van der Waals surface area (Å²) in [7, 11) is 0. The van der Waals surface area contributed by atoms with Crippen LogP contribution >= 0.6 is 27.5 Å². The molecule has 1 saturated heterocycles. The van der Waals surface area contributed by atoms with E-state index in [-0.39, 0.29) is 16.8 Å². The molecule has 1 aliphatic rings. The number of amides is 2. The fourth-order valence-corrected chi connectivity index (χ4v) is 3.32. The molecular weight excluding hydrogens is 384 g/mol. The third-order valence-electron chi connectivity index (χ3n) is 3.74. The molecule has 0 N–H and O–H groups in total. The molecule has 0 radical (unpaired) electrons. The number of piperazine rings is 1. The van der Waals surface area contributed by atoms with Crippen LogP contribution in [0.25, 0.3) is 0 Å². The Hall–Kier alpha value is -1.27. The first-order valence-electron chi connectivity index (χ1n) is 7.61. The van der Waals surface area contributed by atoms with Gasteiger partial charge in [0.15, 0.2) is 0 Å². The Kier molecular flexibility index (Phi) is 6.72. The lowest BCUT2D eigenvalue weighted by Gasteiger charge is -2.35. The van der Waals surface area contributed by atoms with Crippen molar-refractivity contribution in [3.8, 4) is 0 Å². The lowest BCUT2D eigenvalue weighted by Crippen LogP contribution is -2.52. The van der Waals surface area contributed by atoms with Crippen LogP contribution in [0.2, 0.25) is 5.02 Å². The maximum absolute atomic E-state index is 12.5. The molecule has 1 aromatic carbocycles. The minimum absolute atomic E-state index is 0.0217. The molecule has 0 spiro atoms. The van der Waals surface area contributed by atoms with E-state index in [1.165, 1.54) is 0 Å². The van der Waals surface area contributed by atoms with Crippen molar-refractivity contribution in [2.24, 2.45) is 0 Å². The SMILES string of the molecule is CCOC(=O)N1CCN(C(=O)C(Br)Cc2ccccc2Cl)CC1. The quantitative estimate of drug-likeness (QED) is 0.726. The number of halogens is 2. The summed E-state index contributed by atoms with van der Waals surface area (Å²) in [6, 6.07) is 7.51. The van der Waals surface area contributed by atoms with Crippen LogP contribution in [-0.4, -0.2) is 59.4 Å². The van der Waals surface area contributed by atoms with Gasteiger partial charge in [0.1, 0.15) is 0 Å². The zero-order valence-electron chi connectivity index (χ0n) is 13.0. The van der Waals surface area contributed by atoms with Crippen LogP contribution in [0.3, 0.4) is 0 Å². The molecule has 0 aromatic heterocycles. The number of hydrogen-bond acceptors (Lipinski definition) is 3. The molecule has 7 heteroatoms. The molecule has 0 bridgehead atoms. The van der Waals surface area contributed by atoms with Crippen molar-refractivity contribution in [1.29, 1.82) is 0 Å². The Morgan fingerprint density at radius 2 is 1.83 bits per heavy atom. The number of hydrogen-bond donors (Lipinski definition) is 0. The van der Waals surface area contributed by atoms with Gasteiger partial charge in [-0.3, -0.25) is 4.79 Å². The highest BCUT2D eigenvalue weighted by Crippen LogP contribution is 2.21. The van der Waals surface area contributed by atoms with Crippen LogP contribution in [0.5, 0.6) is 0 Å². The lowest BCUT2D eigenvalue weighted by molar-refractivity contribution is -0.132. The molecule has 0 aliphatic carbocycles. The number of rotatable bonds is 4. The van der Waals surface area contributed by atoms with Gasteiger partial charge in [0.05, 0.1) is 11.4 Å². The van der Waals surface area contributed by atoms with E-state index in [9.17, 15) is 9.59 Å². The van der Waals surface area contributed by atoms with Gasteiger partial charge in [-0.25, -0.2) is 4.79 Å². The zero-order valence-corrected chi connectivity index (χ0v) is 15.3. The van der Waals surface area contributed by atoms with E-state index in [0.29, 0.717) is 44.2 Å². The molecule has 2 amide bonds. The predicted molar refractivity (Wildman–Crippen MR) is 93.0 cm³/mol. The normalized spacial score (nSPS) is 16.1. The number of carbonyl (C=O) groups is 2. The summed E-state index contributed by atoms with van der Waals surface area (Å²) >= 11 is 9.60. The van der Waals surface area contributed by atoms with Gasteiger partial charge >= 0.3 is 6.09 Å². The summed E-state index contributed by atoms with van der Waals surface area (Å²) in [5, 5.41) is 0.664. The van der Waals surface area contributed by atoms with Crippen molar-refractivity contribution in [2.45, 2.75) is 18.2 Å². The van der Waals surface area contributed by atoms with Crippen molar-refractivity contribution >= 4 is 39.5 Å². The highest BCUT2D eigenvalue weighted by Gasteiger charge is 2.28. The fourth-order valence-electron chi connectivity index (χ4n) is 2.47. The van der Waals surface area contributed by atoms with Crippen LogP contribution in [0.4, 0.5) is 4.79 Å². The van der Waals surface area contributed by atoms with Crippen molar-refractivity contribution in [1.82, 2.24) is 9.80 Å². The number of benzene rings is 1. The van der Waals surface area contributed by atoms with Gasteiger partial charge in [0.25, 0.3) is 0 Å².